The first-order chi connectivity index (χ1) is 10.7. The number of amides is 1. The van der Waals surface area contributed by atoms with E-state index in [1.54, 1.807) is 10.9 Å². The normalized spacial score (nSPS) is 19.4. The molecular weight excluding hydrogens is 276 g/mol. The van der Waals surface area contributed by atoms with Crippen LogP contribution in [0.3, 0.4) is 0 Å². The van der Waals surface area contributed by atoms with Gasteiger partial charge in [-0.3, -0.25) is 14.4 Å². The predicted octanol–water partition coefficient (Wildman–Crippen LogP) is 2.03. The average molecular weight is 298 g/mol. The monoisotopic (exact) mass is 298 g/mol. The van der Waals surface area contributed by atoms with Crippen LogP contribution >= 0.6 is 0 Å². The highest BCUT2D eigenvalue weighted by Gasteiger charge is 2.29. The van der Waals surface area contributed by atoms with Gasteiger partial charge in [0.1, 0.15) is 0 Å². The van der Waals surface area contributed by atoms with E-state index >= 15 is 0 Å². The third-order valence-corrected chi connectivity index (χ3v) is 4.32. The van der Waals surface area contributed by atoms with Gasteiger partial charge in [-0.25, -0.2) is 0 Å². The number of likely N-dealkylation sites (N-methyl/N-ethyl adjacent to an activating group) is 1. The first-order valence-electron chi connectivity index (χ1n) is 7.76. The van der Waals surface area contributed by atoms with E-state index in [2.05, 4.69) is 41.3 Å². The van der Waals surface area contributed by atoms with Crippen molar-refractivity contribution in [3.05, 3.63) is 53.9 Å². The molecule has 3 rings (SSSR count). The van der Waals surface area contributed by atoms with Gasteiger partial charge in [-0.15, -0.1) is 0 Å². The summed E-state index contributed by atoms with van der Waals surface area (Å²) in [6.07, 6.45) is 3.50. The Hall–Kier alpha value is -2.14. The molecule has 0 bridgehead atoms. The number of carbonyl (C=O) groups is 1. The molecule has 2 heterocycles. The Kier molecular flexibility index (Phi) is 4.24. The van der Waals surface area contributed by atoms with Gasteiger partial charge in [0, 0.05) is 32.4 Å². The van der Waals surface area contributed by atoms with Gasteiger partial charge in [0.2, 0.25) is 0 Å². The Labute approximate surface area is 131 Å². The number of aromatic nitrogens is 2. The lowest BCUT2D eigenvalue weighted by atomic mass is 10.0. The zero-order chi connectivity index (χ0) is 15.5. The number of hydrogen-bond acceptors (Lipinski definition) is 3. The highest BCUT2D eigenvalue weighted by Crippen LogP contribution is 2.24. The minimum absolute atomic E-state index is 0.0775. The maximum absolute atomic E-state index is 12.7. The summed E-state index contributed by atoms with van der Waals surface area (Å²) in [6, 6.07) is 10.6. The van der Waals surface area contributed by atoms with E-state index in [1.165, 1.54) is 5.56 Å². The third-order valence-electron chi connectivity index (χ3n) is 4.32. The lowest BCUT2D eigenvalue weighted by molar-refractivity contribution is 0.0546. The van der Waals surface area contributed by atoms with Gasteiger partial charge in [0.05, 0.1) is 17.8 Å². The fourth-order valence-electron chi connectivity index (χ4n) is 2.92. The molecular formula is C17H22N4O. The topological polar surface area (TPSA) is 41.4 Å². The Bertz CT molecular complexity index is 637. The van der Waals surface area contributed by atoms with Crippen LogP contribution in [-0.2, 0) is 6.54 Å². The molecule has 1 aliphatic rings. The molecule has 0 radical (unpaired) electrons. The second-order valence-electron chi connectivity index (χ2n) is 5.74. The third kappa shape index (κ3) is 2.90. The van der Waals surface area contributed by atoms with Crippen molar-refractivity contribution in [1.82, 2.24) is 19.6 Å². The van der Waals surface area contributed by atoms with E-state index in [1.807, 2.05) is 24.1 Å². The molecule has 1 amide bonds. The van der Waals surface area contributed by atoms with E-state index < -0.39 is 0 Å². The summed E-state index contributed by atoms with van der Waals surface area (Å²) in [5.41, 5.74) is 1.94. The number of piperazine rings is 1. The quantitative estimate of drug-likeness (QED) is 0.870. The molecule has 0 spiro atoms. The number of nitrogens with zero attached hydrogens (tertiary/aromatic N) is 4. The van der Waals surface area contributed by atoms with Crippen molar-refractivity contribution >= 4 is 5.91 Å². The van der Waals surface area contributed by atoms with E-state index in [4.69, 9.17) is 0 Å². The van der Waals surface area contributed by atoms with Crippen LogP contribution in [-0.4, -0.2) is 52.2 Å². The minimum atomic E-state index is 0.0775. The van der Waals surface area contributed by atoms with Crippen molar-refractivity contribution in [1.29, 1.82) is 0 Å². The largest absolute Gasteiger partial charge is 0.335 e. The lowest BCUT2D eigenvalue weighted by Gasteiger charge is -2.39. The van der Waals surface area contributed by atoms with Gasteiger partial charge in [-0.05, 0) is 19.5 Å². The van der Waals surface area contributed by atoms with Gasteiger partial charge in [-0.1, -0.05) is 30.3 Å². The van der Waals surface area contributed by atoms with Crippen molar-refractivity contribution in [2.45, 2.75) is 19.5 Å². The number of benzene rings is 1. The number of rotatable bonds is 3. The first kappa shape index (κ1) is 14.8. The van der Waals surface area contributed by atoms with Crippen LogP contribution < -0.4 is 0 Å². The van der Waals surface area contributed by atoms with Gasteiger partial charge >= 0.3 is 0 Å². The molecule has 0 N–H and O–H groups in total. The van der Waals surface area contributed by atoms with E-state index in [0.717, 1.165) is 26.2 Å². The SMILES string of the molecule is CCn1cc(C(=O)N2CCN(C)[C@H](c3ccccc3)C2)cn1. The molecule has 0 aliphatic carbocycles. The van der Waals surface area contributed by atoms with E-state index in [0.29, 0.717) is 5.56 Å². The summed E-state index contributed by atoms with van der Waals surface area (Å²) in [6.45, 7) is 5.16. The van der Waals surface area contributed by atoms with Gasteiger partial charge in [0.25, 0.3) is 5.91 Å². The maximum atomic E-state index is 12.7. The number of hydrogen-bond donors (Lipinski definition) is 0. The molecule has 1 fully saturated rings. The second kappa shape index (κ2) is 6.32. The van der Waals surface area contributed by atoms with E-state index in [9.17, 15) is 4.79 Å². The fourth-order valence-corrected chi connectivity index (χ4v) is 2.92. The molecule has 1 aromatic heterocycles. The minimum Gasteiger partial charge on any atom is -0.335 e. The standard InChI is InChI=1S/C17H22N4O/c1-3-21-12-15(11-18-21)17(22)20-10-9-19(2)16(13-20)14-7-5-4-6-8-14/h4-8,11-12,16H,3,9-10,13H2,1-2H3/t16-/m0/s1. The van der Waals surface area contributed by atoms with Crippen LogP contribution in [0.15, 0.2) is 42.7 Å². The van der Waals surface area contributed by atoms with Crippen LogP contribution in [0, 0.1) is 0 Å². The molecule has 1 aliphatic heterocycles. The maximum Gasteiger partial charge on any atom is 0.257 e. The summed E-state index contributed by atoms with van der Waals surface area (Å²) in [4.78, 5) is 16.9. The summed E-state index contributed by atoms with van der Waals surface area (Å²) < 4.78 is 1.79. The Morgan fingerprint density at radius 3 is 2.73 bits per heavy atom. The summed E-state index contributed by atoms with van der Waals surface area (Å²) in [5.74, 6) is 0.0775. The number of carbonyl (C=O) groups excluding carboxylic acids is 1. The molecule has 22 heavy (non-hydrogen) atoms. The van der Waals surface area contributed by atoms with Gasteiger partial charge in [-0.2, -0.15) is 5.10 Å². The van der Waals surface area contributed by atoms with Gasteiger partial charge < -0.3 is 4.90 Å². The smallest absolute Gasteiger partial charge is 0.257 e. The van der Waals surface area contributed by atoms with Crippen molar-refractivity contribution in [3.63, 3.8) is 0 Å². The molecule has 0 saturated carbocycles. The summed E-state index contributed by atoms with van der Waals surface area (Å²) in [5, 5.41) is 4.20. The first-order valence-corrected chi connectivity index (χ1v) is 7.76. The summed E-state index contributed by atoms with van der Waals surface area (Å²) in [7, 11) is 2.12. The summed E-state index contributed by atoms with van der Waals surface area (Å²) >= 11 is 0. The zero-order valence-electron chi connectivity index (χ0n) is 13.1. The number of aryl methyl sites for hydroxylation is 1. The fraction of sp³-hybridized carbons (Fsp3) is 0.412. The molecule has 2 aromatic rings. The van der Waals surface area contributed by atoms with Crippen LogP contribution in [0.4, 0.5) is 0 Å². The molecule has 5 heteroatoms. The zero-order valence-corrected chi connectivity index (χ0v) is 13.1. The highest BCUT2D eigenvalue weighted by molar-refractivity contribution is 5.93. The molecule has 0 unspecified atom stereocenters. The molecule has 1 atom stereocenters. The van der Waals surface area contributed by atoms with Crippen LogP contribution in [0.2, 0.25) is 0 Å². The van der Waals surface area contributed by atoms with Crippen molar-refractivity contribution in [3.8, 4) is 0 Å². The van der Waals surface area contributed by atoms with Crippen LogP contribution in [0.25, 0.3) is 0 Å². The Morgan fingerprint density at radius 1 is 1.27 bits per heavy atom. The molecule has 116 valence electrons. The average Bonchev–Trinajstić information content (AvgIpc) is 3.04. The molecule has 5 nitrogen and oxygen atoms in total. The predicted molar refractivity (Wildman–Crippen MR) is 85.6 cm³/mol. The Balaban J connectivity index is 1.76. The van der Waals surface area contributed by atoms with Crippen molar-refractivity contribution in [2.75, 3.05) is 26.7 Å². The van der Waals surface area contributed by atoms with Crippen LogP contribution in [0.1, 0.15) is 28.9 Å². The van der Waals surface area contributed by atoms with Crippen molar-refractivity contribution < 1.29 is 4.79 Å². The lowest BCUT2D eigenvalue weighted by Crippen LogP contribution is -2.48. The Morgan fingerprint density at radius 2 is 2.05 bits per heavy atom. The molecule has 1 saturated heterocycles. The highest BCUT2D eigenvalue weighted by atomic mass is 16.2. The van der Waals surface area contributed by atoms with Crippen molar-refractivity contribution in [2.24, 2.45) is 0 Å². The van der Waals surface area contributed by atoms with Crippen LogP contribution in [0.5, 0.6) is 0 Å². The molecule has 1 aromatic carbocycles. The van der Waals surface area contributed by atoms with Gasteiger partial charge in [0.15, 0.2) is 0 Å². The second-order valence-corrected chi connectivity index (χ2v) is 5.74. The van der Waals surface area contributed by atoms with E-state index in [-0.39, 0.29) is 11.9 Å².